The molecule has 1 fully saturated rings. The van der Waals surface area contributed by atoms with Crippen LogP contribution in [0.2, 0.25) is 0 Å². The molecule has 2 heterocycles. The van der Waals surface area contributed by atoms with Crippen LogP contribution in [0.5, 0.6) is 5.75 Å². The van der Waals surface area contributed by atoms with E-state index in [1.807, 2.05) is 24.3 Å². The van der Waals surface area contributed by atoms with E-state index in [2.05, 4.69) is 15.2 Å². The van der Waals surface area contributed by atoms with Crippen molar-refractivity contribution in [2.45, 2.75) is 12.8 Å². The molecule has 0 bridgehead atoms. The number of anilines is 2. The lowest BCUT2D eigenvalue weighted by atomic mass is 10.2. The molecule has 0 unspecified atom stereocenters. The van der Waals surface area contributed by atoms with Gasteiger partial charge in [0.25, 0.3) is 5.91 Å². The molecule has 1 saturated heterocycles. The molecule has 3 rings (SSSR count). The Bertz CT molecular complexity index is 666. The fraction of sp³-hybridized carbons (Fsp3) is 0.294. The van der Waals surface area contributed by atoms with Crippen molar-refractivity contribution in [3.8, 4) is 5.75 Å². The van der Waals surface area contributed by atoms with Crippen molar-refractivity contribution in [3.05, 3.63) is 48.2 Å². The number of nitrogens with zero attached hydrogens (tertiary/aromatic N) is 2. The predicted molar refractivity (Wildman–Crippen MR) is 86.6 cm³/mol. The molecule has 0 saturated carbocycles. The number of carbonyl (C=O) groups excluding carboxylic acids is 1. The summed E-state index contributed by atoms with van der Waals surface area (Å²) in [6, 6.07) is 10.9. The van der Waals surface area contributed by atoms with E-state index in [-0.39, 0.29) is 5.91 Å². The maximum absolute atomic E-state index is 12.6. The number of nitrogens with one attached hydrogen (secondary N) is 1. The summed E-state index contributed by atoms with van der Waals surface area (Å²) in [6.07, 6.45) is 4.02. The van der Waals surface area contributed by atoms with Gasteiger partial charge in [0.05, 0.1) is 12.7 Å². The third kappa shape index (κ3) is 3.03. The van der Waals surface area contributed by atoms with Gasteiger partial charge in [0.1, 0.15) is 11.6 Å². The van der Waals surface area contributed by atoms with E-state index in [1.54, 1.807) is 25.4 Å². The normalized spacial score (nSPS) is 14.0. The number of carbonyl (C=O) groups is 1. The summed E-state index contributed by atoms with van der Waals surface area (Å²) in [4.78, 5) is 19.1. The average molecular weight is 297 g/mol. The average Bonchev–Trinajstić information content (AvgIpc) is 3.09. The summed E-state index contributed by atoms with van der Waals surface area (Å²) < 4.78 is 5.18. The van der Waals surface area contributed by atoms with Gasteiger partial charge in [0, 0.05) is 31.0 Å². The van der Waals surface area contributed by atoms with Crippen LogP contribution in [0, 0.1) is 0 Å². The van der Waals surface area contributed by atoms with Gasteiger partial charge in [-0.3, -0.25) is 4.79 Å². The first-order valence-electron chi connectivity index (χ1n) is 7.43. The summed E-state index contributed by atoms with van der Waals surface area (Å²) in [5.74, 6) is 1.33. The highest BCUT2D eigenvalue weighted by molar-refractivity contribution is 6.07. The third-order valence-corrected chi connectivity index (χ3v) is 3.76. The van der Waals surface area contributed by atoms with Crippen molar-refractivity contribution in [1.29, 1.82) is 0 Å². The molecule has 1 aliphatic rings. The second-order valence-corrected chi connectivity index (χ2v) is 5.25. The summed E-state index contributed by atoms with van der Waals surface area (Å²) in [5.41, 5.74) is 1.31. The molecule has 1 aromatic carbocycles. The number of benzene rings is 1. The number of rotatable bonds is 4. The molecule has 1 aliphatic heterocycles. The second kappa shape index (κ2) is 6.47. The first kappa shape index (κ1) is 14.4. The van der Waals surface area contributed by atoms with Gasteiger partial charge in [-0.15, -0.1) is 0 Å². The van der Waals surface area contributed by atoms with Gasteiger partial charge in [-0.1, -0.05) is 6.07 Å². The van der Waals surface area contributed by atoms with E-state index < -0.39 is 0 Å². The van der Waals surface area contributed by atoms with Crippen LogP contribution in [0.4, 0.5) is 11.5 Å². The first-order chi connectivity index (χ1) is 10.8. The topological polar surface area (TPSA) is 54.5 Å². The van der Waals surface area contributed by atoms with Gasteiger partial charge in [0.2, 0.25) is 0 Å². The van der Waals surface area contributed by atoms with Gasteiger partial charge in [0.15, 0.2) is 0 Å². The molecular formula is C17H19N3O2. The van der Waals surface area contributed by atoms with Crippen LogP contribution < -0.4 is 15.0 Å². The first-order valence-corrected chi connectivity index (χ1v) is 7.43. The van der Waals surface area contributed by atoms with Crippen LogP contribution in [0.3, 0.4) is 0 Å². The van der Waals surface area contributed by atoms with E-state index in [1.165, 1.54) is 0 Å². The Morgan fingerprint density at radius 2 is 2.05 bits per heavy atom. The van der Waals surface area contributed by atoms with Crippen molar-refractivity contribution >= 4 is 17.4 Å². The highest BCUT2D eigenvalue weighted by Gasteiger charge is 2.20. The standard InChI is InChI=1S/C17H19N3O2/c1-22-14-7-4-6-13(12-14)19-17(21)15-8-5-9-18-16(15)20-10-2-3-11-20/h4-9,12H,2-3,10-11H2,1H3,(H,19,21). The lowest BCUT2D eigenvalue weighted by Gasteiger charge is -2.19. The van der Waals surface area contributed by atoms with Crippen molar-refractivity contribution in [2.24, 2.45) is 0 Å². The van der Waals surface area contributed by atoms with E-state index in [0.717, 1.165) is 31.7 Å². The SMILES string of the molecule is COc1cccc(NC(=O)c2cccnc2N2CCCC2)c1. The smallest absolute Gasteiger partial charge is 0.259 e. The van der Waals surface area contributed by atoms with Crippen LogP contribution in [0.15, 0.2) is 42.6 Å². The molecule has 1 amide bonds. The summed E-state index contributed by atoms with van der Waals surface area (Å²) >= 11 is 0. The van der Waals surface area contributed by atoms with Gasteiger partial charge in [-0.2, -0.15) is 0 Å². The Hall–Kier alpha value is -2.56. The fourth-order valence-corrected chi connectivity index (χ4v) is 2.65. The van der Waals surface area contributed by atoms with Crippen LogP contribution >= 0.6 is 0 Å². The zero-order valence-corrected chi connectivity index (χ0v) is 12.6. The van der Waals surface area contributed by atoms with Crippen molar-refractivity contribution < 1.29 is 9.53 Å². The Labute approximate surface area is 129 Å². The lowest BCUT2D eigenvalue weighted by molar-refractivity contribution is 0.102. The van der Waals surface area contributed by atoms with Crippen LogP contribution in [-0.2, 0) is 0 Å². The van der Waals surface area contributed by atoms with E-state index >= 15 is 0 Å². The highest BCUT2D eigenvalue weighted by Crippen LogP contribution is 2.23. The van der Waals surface area contributed by atoms with Crippen LogP contribution in [0.1, 0.15) is 23.2 Å². The Balaban J connectivity index is 1.82. The molecule has 0 radical (unpaired) electrons. The molecule has 1 aromatic heterocycles. The van der Waals surface area contributed by atoms with E-state index in [9.17, 15) is 4.79 Å². The molecule has 5 heteroatoms. The monoisotopic (exact) mass is 297 g/mol. The number of methoxy groups -OCH3 is 1. The van der Waals surface area contributed by atoms with Crippen molar-refractivity contribution in [2.75, 3.05) is 30.4 Å². The Morgan fingerprint density at radius 3 is 2.82 bits per heavy atom. The number of aromatic nitrogens is 1. The second-order valence-electron chi connectivity index (χ2n) is 5.25. The quantitative estimate of drug-likeness (QED) is 0.942. The minimum absolute atomic E-state index is 0.150. The summed E-state index contributed by atoms with van der Waals surface area (Å²) in [7, 11) is 1.60. The van der Waals surface area contributed by atoms with Crippen molar-refractivity contribution in [1.82, 2.24) is 4.98 Å². The summed E-state index contributed by atoms with van der Waals surface area (Å²) in [5, 5.41) is 2.91. The minimum Gasteiger partial charge on any atom is -0.497 e. The lowest BCUT2D eigenvalue weighted by Crippen LogP contribution is -2.24. The number of ether oxygens (including phenoxy) is 1. The van der Waals surface area contributed by atoms with Gasteiger partial charge >= 0.3 is 0 Å². The Kier molecular flexibility index (Phi) is 4.23. The number of hydrogen-bond acceptors (Lipinski definition) is 4. The molecular weight excluding hydrogens is 278 g/mol. The number of pyridine rings is 1. The van der Waals surface area contributed by atoms with Gasteiger partial charge in [-0.05, 0) is 37.1 Å². The fourth-order valence-electron chi connectivity index (χ4n) is 2.65. The molecule has 22 heavy (non-hydrogen) atoms. The molecule has 114 valence electrons. The third-order valence-electron chi connectivity index (χ3n) is 3.76. The van der Waals surface area contributed by atoms with Gasteiger partial charge in [-0.25, -0.2) is 4.98 Å². The summed E-state index contributed by atoms with van der Waals surface area (Å²) in [6.45, 7) is 1.91. The van der Waals surface area contributed by atoms with Crippen molar-refractivity contribution in [3.63, 3.8) is 0 Å². The molecule has 5 nitrogen and oxygen atoms in total. The minimum atomic E-state index is -0.150. The van der Waals surface area contributed by atoms with Gasteiger partial charge < -0.3 is 15.0 Å². The zero-order chi connectivity index (χ0) is 15.4. The molecule has 0 spiro atoms. The molecule has 2 aromatic rings. The highest BCUT2D eigenvalue weighted by atomic mass is 16.5. The van der Waals surface area contributed by atoms with Crippen LogP contribution in [-0.4, -0.2) is 31.1 Å². The molecule has 0 atom stereocenters. The maximum atomic E-state index is 12.6. The Morgan fingerprint density at radius 1 is 1.23 bits per heavy atom. The largest absolute Gasteiger partial charge is 0.497 e. The predicted octanol–water partition coefficient (Wildman–Crippen LogP) is 2.94. The number of amides is 1. The zero-order valence-electron chi connectivity index (χ0n) is 12.6. The maximum Gasteiger partial charge on any atom is 0.259 e. The number of hydrogen-bond donors (Lipinski definition) is 1. The molecule has 1 N–H and O–H groups in total. The van der Waals surface area contributed by atoms with E-state index in [0.29, 0.717) is 17.0 Å². The molecule has 0 aliphatic carbocycles. The van der Waals surface area contributed by atoms with Crippen LogP contribution in [0.25, 0.3) is 0 Å². The van der Waals surface area contributed by atoms with E-state index in [4.69, 9.17) is 4.74 Å².